The minimum Gasteiger partial charge on any atom is -0.392 e. The molecule has 0 saturated carbocycles. The maximum atomic E-state index is 6.23. The lowest BCUT2D eigenvalue weighted by Gasteiger charge is -2.39. The summed E-state index contributed by atoms with van der Waals surface area (Å²) in [6.45, 7) is 7.21. The smallest absolute Gasteiger partial charge is 0.0902 e. The van der Waals surface area contributed by atoms with Crippen LogP contribution < -0.4 is 5.73 Å². The highest BCUT2D eigenvalue weighted by Gasteiger charge is 2.25. The number of rotatable bonds is 6. The maximum Gasteiger partial charge on any atom is 0.0902 e. The van der Waals surface area contributed by atoms with E-state index in [9.17, 15) is 0 Å². The molecule has 0 radical (unpaired) electrons. The van der Waals surface area contributed by atoms with Crippen molar-refractivity contribution in [2.45, 2.75) is 32.4 Å². The molecule has 2 rings (SSSR count). The van der Waals surface area contributed by atoms with E-state index in [0.29, 0.717) is 4.99 Å². The zero-order valence-electron chi connectivity index (χ0n) is 12.6. The Bertz CT molecular complexity index is 472. The zero-order valence-corrected chi connectivity index (χ0v) is 14.2. The average Bonchev–Trinajstić information content (AvgIpc) is 2.48. The van der Waals surface area contributed by atoms with E-state index >= 15 is 0 Å². The second-order valence-electron chi connectivity index (χ2n) is 5.61. The van der Waals surface area contributed by atoms with Crippen molar-refractivity contribution in [2.75, 3.05) is 26.2 Å². The number of piperazine rings is 1. The van der Waals surface area contributed by atoms with Gasteiger partial charge in [-0.05, 0) is 18.1 Å². The van der Waals surface area contributed by atoms with Crippen LogP contribution >= 0.6 is 23.8 Å². The van der Waals surface area contributed by atoms with E-state index in [4.69, 9.17) is 29.6 Å². The second kappa shape index (κ2) is 8.08. The molecule has 1 aliphatic heterocycles. The number of benzene rings is 1. The molecule has 1 fully saturated rings. The topological polar surface area (TPSA) is 32.5 Å². The van der Waals surface area contributed by atoms with Crippen molar-refractivity contribution in [1.82, 2.24) is 9.80 Å². The fourth-order valence-electron chi connectivity index (χ4n) is 2.88. The van der Waals surface area contributed by atoms with Gasteiger partial charge < -0.3 is 5.73 Å². The molecule has 1 atom stereocenters. The van der Waals surface area contributed by atoms with Crippen LogP contribution in [-0.4, -0.2) is 47.0 Å². The largest absolute Gasteiger partial charge is 0.392 e. The Morgan fingerprint density at radius 3 is 2.52 bits per heavy atom. The van der Waals surface area contributed by atoms with E-state index in [2.05, 4.69) is 22.8 Å². The number of thiocarbonyl (C=S) groups is 1. The Labute approximate surface area is 138 Å². The van der Waals surface area contributed by atoms with Crippen LogP contribution in [0.15, 0.2) is 24.3 Å². The number of nitrogens with two attached hydrogens (primary N) is 1. The summed E-state index contributed by atoms with van der Waals surface area (Å²) in [6, 6.07) is 8.33. The molecule has 0 amide bonds. The average molecular weight is 326 g/mol. The van der Waals surface area contributed by atoms with Crippen LogP contribution in [0.3, 0.4) is 0 Å². The van der Waals surface area contributed by atoms with Gasteiger partial charge in [0.2, 0.25) is 0 Å². The minimum absolute atomic E-state index is 0.257. The van der Waals surface area contributed by atoms with Gasteiger partial charge in [-0.1, -0.05) is 55.4 Å². The zero-order chi connectivity index (χ0) is 15.2. The molecule has 1 saturated heterocycles. The third-order valence-electron chi connectivity index (χ3n) is 4.09. The van der Waals surface area contributed by atoms with E-state index in [1.807, 2.05) is 18.2 Å². The fourth-order valence-corrected chi connectivity index (χ4v) is 3.34. The molecule has 0 aromatic heterocycles. The van der Waals surface area contributed by atoms with Crippen LogP contribution in [0.25, 0.3) is 0 Å². The number of hydrogen-bond donors (Lipinski definition) is 1. The summed E-state index contributed by atoms with van der Waals surface area (Å²) in [5.74, 6) is 0. The van der Waals surface area contributed by atoms with Crippen LogP contribution in [0.2, 0.25) is 5.02 Å². The predicted octanol–water partition coefficient (Wildman–Crippen LogP) is 2.91. The third-order valence-corrected chi connectivity index (χ3v) is 4.73. The summed E-state index contributed by atoms with van der Waals surface area (Å²) in [5, 5.41) is 0.854. The standard InChI is InChI=1S/C16H24ClN3S/c1-2-5-15(16(18)21)20-10-8-19(9-11-20)12-13-6-3-4-7-14(13)17/h3-4,6-7,15H,2,5,8-12H2,1H3,(H2,18,21). The van der Waals surface area contributed by atoms with Crippen LogP contribution in [-0.2, 0) is 6.54 Å². The summed E-state index contributed by atoms with van der Waals surface area (Å²) >= 11 is 11.5. The molecule has 1 aromatic carbocycles. The summed E-state index contributed by atoms with van der Waals surface area (Å²) in [7, 11) is 0. The fraction of sp³-hybridized carbons (Fsp3) is 0.562. The van der Waals surface area contributed by atoms with Gasteiger partial charge in [-0.15, -0.1) is 0 Å². The van der Waals surface area contributed by atoms with Crippen molar-refractivity contribution in [1.29, 1.82) is 0 Å². The van der Waals surface area contributed by atoms with E-state index in [1.54, 1.807) is 0 Å². The van der Waals surface area contributed by atoms with E-state index in [1.165, 1.54) is 5.56 Å². The molecule has 0 spiro atoms. The van der Waals surface area contributed by atoms with Gasteiger partial charge in [0.25, 0.3) is 0 Å². The highest BCUT2D eigenvalue weighted by atomic mass is 35.5. The molecule has 0 aliphatic carbocycles. The predicted molar refractivity (Wildman–Crippen MR) is 93.8 cm³/mol. The Morgan fingerprint density at radius 1 is 1.29 bits per heavy atom. The van der Waals surface area contributed by atoms with Crippen molar-refractivity contribution in [3.05, 3.63) is 34.9 Å². The van der Waals surface area contributed by atoms with Gasteiger partial charge in [-0.25, -0.2) is 0 Å². The molecule has 0 bridgehead atoms. The van der Waals surface area contributed by atoms with Crippen molar-refractivity contribution in [2.24, 2.45) is 5.73 Å². The Balaban J connectivity index is 1.88. The summed E-state index contributed by atoms with van der Waals surface area (Å²) in [4.78, 5) is 5.51. The van der Waals surface area contributed by atoms with Crippen molar-refractivity contribution < 1.29 is 0 Å². The molecule has 21 heavy (non-hydrogen) atoms. The Morgan fingerprint density at radius 2 is 1.95 bits per heavy atom. The molecular formula is C16H24ClN3S. The van der Waals surface area contributed by atoms with Crippen molar-refractivity contribution >= 4 is 28.8 Å². The van der Waals surface area contributed by atoms with E-state index < -0.39 is 0 Å². The molecule has 1 aliphatic rings. The quantitative estimate of drug-likeness (QED) is 0.815. The molecular weight excluding hydrogens is 302 g/mol. The SMILES string of the molecule is CCCC(C(N)=S)N1CCN(Cc2ccccc2Cl)CC1. The second-order valence-corrected chi connectivity index (χ2v) is 6.49. The normalized spacial score (nSPS) is 18.6. The highest BCUT2D eigenvalue weighted by Crippen LogP contribution is 2.19. The van der Waals surface area contributed by atoms with Crippen LogP contribution in [0.4, 0.5) is 0 Å². The summed E-state index contributed by atoms with van der Waals surface area (Å²) in [6.07, 6.45) is 2.17. The first kappa shape index (κ1) is 16.7. The summed E-state index contributed by atoms with van der Waals surface area (Å²) in [5.41, 5.74) is 7.09. The molecule has 3 nitrogen and oxygen atoms in total. The molecule has 2 N–H and O–H groups in total. The molecule has 5 heteroatoms. The van der Waals surface area contributed by atoms with Crippen molar-refractivity contribution in [3.8, 4) is 0 Å². The first-order chi connectivity index (χ1) is 10.1. The number of halogens is 1. The molecule has 116 valence electrons. The van der Waals surface area contributed by atoms with Gasteiger partial charge in [0.05, 0.1) is 11.0 Å². The molecule has 1 heterocycles. The van der Waals surface area contributed by atoms with E-state index in [0.717, 1.165) is 50.6 Å². The van der Waals surface area contributed by atoms with Gasteiger partial charge in [0.15, 0.2) is 0 Å². The molecule has 1 aromatic rings. The van der Waals surface area contributed by atoms with Gasteiger partial charge in [-0.2, -0.15) is 0 Å². The monoisotopic (exact) mass is 325 g/mol. The third kappa shape index (κ3) is 4.65. The first-order valence-electron chi connectivity index (χ1n) is 7.61. The number of hydrogen-bond acceptors (Lipinski definition) is 3. The van der Waals surface area contributed by atoms with Gasteiger partial charge >= 0.3 is 0 Å². The lowest BCUT2D eigenvalue weighted by atomic mass is 10.1. The Kier molecular flexibility index (Phi) is 6.42. The van der Waals surface area contributed by atoms with Gasteiger partial charge in [-0.3, -0.25) is 9.80 Å². The highest BCUT2D eigenvalue weighted by molar-refractivity contribution is 7.80. The van der Waals surface area contributed by atoms with Crippen LogP contribution in [0.5, 0.6) is 0 Å². The molecule has 1 unspecified atom stereocenters. The lowest BCUT2D eigenvalue weighted by Crippen LogP contribution is -2.53. The van der Waals surface area contributed by atoms with E-state index in [-0.39, 0.29) is 6.04 Å². The lowest BCUT2D eigenvalue weighted by molar-refractivity contribution is 0.110. The van der Waals surface area contributed by atoms with Crippen LogP contribution in [0.1, 0.15) is 25.3 Å². The first-order valence-corrected chi connectivity index (χ1v) is 8.39. The Hall–Kier alpha value is -0.680. The van der Waals surface area contributed by atoms with Gasteiger partial charge in [0.1, 0.15) is 0 Å². The number of nitrogens with zero attached hydrogens (tertiary/aromatic N) is 2. The summed E-state index contributed by atoms with van der Waals surface area (Å²) < 4.78 is 0. The van der Waals surface area contributed by atoms with Crippen molar-refractivity contribution in [3.63, 3.8) is 0 Å². The minimum atomic E-state index is 0.257. The maximum absolute atomic E-state index is 6.23. The van der Waals surface area contributed by atoms with Crippen LogP contribution in [0, 0.1) is 0 Å². The van der Waals surface area contributed by atoms with Gasteiger partial charge in [0, 0.05) is 37.7 Å².